The van der Waals surface area contributed by atoms with E-state index in [9.17, 15) is 19.7 Å². The normalized spacial score (nSPS) is 12.1. The van der Waals surface area contributed by atoms with Crippen molar-refractivity contribution < 1.29 is 14.1 Å². The predicted molar refractivity (Wildman–Crippen MR) is 109 cm³/mol. The van der Waals surface area contributed by atoms with Crippen molar-refractivity contribution in [2.24, 2.45) is 0 Å². The quantitative estimate of drug-likeness (QED) is 0.446. The van der Waals surface area contributed by atoms with Gasteiger partial charge in [0.25, 0.3) is 5.69 Å². The molecule has 0 aliphatic carbocycles. The highest BCUT2D eigenvalue weighted by Gasteiger charge is 2.18. The maximum absolute atomic E-state index is 12.6. The molecule has 0 aliphatic rings. The first-order chi connectivity index (χ1) is 13.8. The number of hydrogen-bond acceptors (Lipinski definition) is 5. The summed E-state index contributed by atoms with van der Waals surface area (Å²) < 4.78 is 6.51. The molecule has 0 radical (unpaired) electrons. The first kappa shape index (κ1) is 20.3. The number of amides is 1. The van der Waals surface area contributed by atoms with Crippen molar-refractivity contribution in [3.63, 3.8) is 0 Å². The molecule has 29 heavy (non-hydrogen) atoms. The third kappa shape index (κ3) is 4.37. The second-order valence-corrected chi connectivity index (χ2v) is 7.12. The van der Waals surface area contributed by atoms with Gasteiger partial charge in [0.2, 0.25) is 5.91 Å². The van der Waals surface area contributed by atoms with Gasteiger partial charge in [-0.25, -0.2) is 4.79 Å². The molecule has 0 saturated heterocycles. The molecule has 1 amide bonds. The molecule has 1 heterocycles. The van der Waals surface area contributed by atoms with Crippen molar-refractivity contribution in [1.29, 1.82) is 0 Å². The third-order valence-electron chi connectivity index (χ3n) is 5.17. The smallest absolute Gasteiger partial charge is 0.407 e. The highest BCUT2D eigenvalue weighted by atomic mass is 16.6. The Morgan fingerprint density at radius 2 is 1.93 bits per heavy atom. The maximum atomic E-state index is 12.6. The van der Waals surface area contributed by atoms with Crippen molar-refractivity contribution >= 4 is 22.7 Å². The van der Waals surface area contributed by atoms with Crippen molar-refractivity contribution in [3.8, 4) is 0 Å². The molecule has 3 aromatic rings. The topological polar surface area (TPSA) is 98.6 Å². The molecular weight excluding hydrogens is 374 g/mol. The number of oxazole rings is 1. The van der Waals surface area contributed by atoms with E-state index in [-0.39, 0.29) is 29.6 Å². The van der Waals surface area contributed by atoms with Crippen LogP contribution in [0.3, 0.4) is 0 Å². The number of fused-ring (bicyclic) bond motifs is 1. The van der Waals surface area contributed by atoms with Crippen molar-refractivity contribution in [3.05, 3.63) is 74.3 Å². The Bertz CT molecular complexity index is 1100. The fourth-order valence-corrected chi connectivity index (χ4v) is 3.23. The molecular formula is C21H23N3O5. The monoisotopic (exact) mass is 397 g/mol. The second-order valence-electron chi connectivity index (χ2n) is 7.12. The Hall–Kier alpha value is -3.42. The first-order valence-corrected chi connectivity index (χ1v) is 9.38. The molecule has 3 rings (SSSR count). The SMILES string of the molecule is Cc1ccc(C(C)N(C)C(=O)CCCn2c(=O)oc3cc([N+](=O)[O-])ccc32)cc1. The van der Waals surface area contributed by atoms with E-state index in [0.29, 0.717) is 18.5 Å². The minimum absolute atomic E-state index is 0.0189. The lowest BCUT2D eigenvalue weighted by molar-refractivity contribution is -0.384. The zero-order valence-electron chi connectivity index (χ0n) is 16.6. The second kappa shape index (κ2) is 8.30. The summed E-state index contributed by atoms with van der Waals surface area (Å²) in [6.07, 6.45) is 0.730. The number of nitro groups is 1. The molecule has 1 unspecified atom stereocenters. The summed E-state index contributed by atoms with van der Waals surface area (Å²) in [4.78, 5) is 36.7. The number of benzene rings is 2. The summed E-state index contributed by atoms with van der Waals surface area (Å²) >= 11 is 0. The van der Waals surface area contributed by atoms with Gasteiger partial charge < -0.3 is 9.32 Å². The molecule has 8 nitrogen and oxygen atoms in total. The van der Waals surface area contributed by atoms with Crippen LogP contribution in [0.1, 0.15) is 36.9 Å². The maximum Gasteiger partial charge on any atom is 0.419 e. The Morgan fingerprint density at radius 3 is 2.59 bits per heavy atom. The van der Waals surface area contributed by atoms with Crippen LogP contribution < -0.4 is 5.76 Å². The van der Waals surface area contributed by atoms with Gasteiger partial charge in [0, 0.05) is 26.1 Å². The van der Waals surface area contributed by atoms with Gasteiger partial charge in [-0.15, -0.1) is 0 Å². The van der Waals surface area contributed by atoms with E-state index in [2.05, 4.69) is 0 Å². The number of non-ortho nitro benzene ring substituents is 1. The standard InChI is InChI=1S/C21H23N3O5/c1-14-6-8-16(9-7-14)15(2)22(3)20(25)5-4-12-23-18-11-10-17(24(27)28)13-19(18)29-21(23)26/h6-11,13,15H,4-5,12H2,1-3H3. The molecule has 1 aromatic heterocycles. The van der Waals surface area contributed by atoms with E-state index in [1.165, 1.54) is 22.8 Å². The summed E-state index contributed by atoms with van der Waals surface area (Å²) in [5.41, 5.74) is 2.73. The average molecular weight is 397 g/mol. The Morgan fingerprint density at radius 1 is 1.24 bits per heavy atom. The van der Waals surface area contributed by atoms with Gasteiger partial charge in [-0.2, -0.15) is 0 Å². The van der Waals surface area contributed by atoms with Crippen molar-refractivity contribution in [1.82, 2.24) is 9.47 Å². The molecule has 0 N–H and O–H groups in total. The van der Waals surface area contributed by atoms with Crippen LogP contribution >= 0.6 is 0 Å². The van der Waals surface area contributed by atoms with Gasteiger partial charge in [-0.1, -0.05) is 29.8 Å². The lowest BCUT2D eigenvalue weighted by Gasteiger charge is -2.25. The molecule has 2 aromatic carbocycles. The first-order valence-electron chi connectivity index (χ1n) is 9.38. The van der Waals surface area contributed by atoms with Gasteiger partial charge in [-0.05, 0) is 31.9 Å². The number of nitrogens with zero attached hydrogens (tertiary/aromatic N) is 3. The largest absolute Gasteiger partial charge is 0.419 e. The molecule has 1 atom stereocenters. The van der Waals surface area contributed by atoms with Crippen LogP contribution in [0.5, 0.6) is 0 Å². The van der Waals surface area contributed by atoms with Gasteiger partial charge >= 0.3 is 5.76 Å². The summed E-state index contributed by atoms with van der Waals surface area (Å²) in [6, 6.07) is 12.1. The molecule has 0 aliphatic heterocycles. The highest BCUT2D eigenvalue weighted by Crippen LogP contribution is 2.22. The fourth-order valence-electron chi connectivity index (χ4n) is 3.23. The van der Waals surface area contributed by atoms with Gasteiger partial charge in [0.15, 0.2) is 5.58 Å². The predicted octanol–water partition coefficient (Wildman–Crippen LogP) is 3.81. The number of carbonyl (C=O) groups is 1. The molecule has 152 valence electrons. The van der Waals surface area contributed by atoms with Crippen LogP contribution in [0, 0.1) is 17.0 Å². The number of nitro benzene ring substituents is 1. The van der Waals surface area contributed by atoms with E-state index in [4.69, 9.17) is 4.42 Å². The van der Waals surface area contributed by atoms with E-state index in [0.717, 1.165) is 11.1 Å². The minimum Gasteiger partial charge on any atom is -0.407 e. The summed E-state index contributed by atoms with van der Waals surface area (Å²) in [6.45, 7) is 4.29. The highest BCUT2D eigenvalue weighted by molar-refractivity contribution is 5.77. The van der Waals surface area contributed by atoms with Crippen molar-refractivity contribution in [2.75, 3.05) is 7.05 Å². The van der Waals surface area contributed by atoms with E-state index < -0.39 is 10.7 Å². The van der Waals surface area contributed by atoms with Crippen LogP contribution in [0.25, 0.3) is 11.1 Å². The lowest BCUT2D eigenvalue weighted by Crippen LogP contribution is -2.29. The number of aromatic nitrogens is 1. The van der Waals surface area contributed by atoms with E-state index in [1.807, 2.05) is 38.1 Å². The lowest BCUT2D eigenvalue weighted by atomic mass is 10.1. The van der Waals surface area contributed by atoms with Crippen LogP contribution in [0.2, 0.25) is 0 Å². The van der Waals surface area contributed by atoms with Crippen LogP contribution in [-0.4, -0.2) is 27.3 Å². The zero-order chi connectivity index (χ0) is 21.1. The fraction of sp³-hybridized carbons (Fsp3) is 0.333. The number of carbonyl (C=O) groups excluding carboxylic acids is 1. The van der Waals surface area contributed by atoms with Gasteiger partial charge in [0.1, 0.15) is 0 Å². The number of hydrogen-bond donors (Lipinski definition) is 0. The molecule has 0 bridgehead atoms. The van der Waals surface area contributed by atoms with E-state index in [1.54, 1.807) is 11.9 Å². The van der Waals surface area contributed by atoms with Crippen molar-refractivity contribution in [2.45, 2.75) is 39.3 Å². The minimum atomic E-state index is -0.589. The molecule has 0 saturated carbocycles. The average Bonchev–Trinajstić information content (AvgIpc) is 3.01. The Labute approximate surface area is 167 Å². The molecule has 0 fully saturated rings. The Balaban J connectivity index is 1.64. The van der Waals surface area contributed by atoms with E-state index >= 15 is 0 Å². The number of rotatable bonds is 7. The van der Waals surface area contributed by atoms with Crippen LogP contribution in [0.15, 0.2) is 51.7 Å². The molecule has 8 heteroatoms. The van der Waals surface area contributed by atoms with Crippen LogP contribution in [0.4, 0.5) is 5.69 Å². The van der Waals surface area contributed by atoms with Gasteiger partial charge in [-0.3, -0.25) is 19.5 Å². The zero-order valence-corrected chi connectivity index (χ0v) is 16.6. The third-order valence-corrected chi connectivity index (χ3v) is 5.17. The summed E-state index contributed by atoms with van der Waals surface area (Å²) in [5, 5.41) is 10.9. The summed E-state index contributed by atoms with van der Waals surface area (Å²) in [7, 11) is 1.77. The summed E-state index contributed by atoms with van der Waals surface area (Å²) in [5.74, 6) is -0.608. The number of aryl methyl sites for hydroxylation is 2. The Kier molecular flexibility index (Phi) is 5.81. The van der Waals surface area contributed by atoms with Crippen LogP contribution in [-0.2, 0) is 11.3 Å². The molecule has 0 spiro atoms. The van der Waals surface area contributed by atoms with Gasteiger partial charge in [0.05, 0.1) is 22.5 Å².